The van der Waals surface area contributed by atoms with E-state index in [2.05, 4.69) is 10.2 Å². The number of methoxy groups -OCH3 is 2. The minimum atomic E-state index is -4.49. The molecular formula is C40H44F3N3O7. The van der Waals surface area contributed by atoms with E-state index in [0.717, 1.165) is 17.7 Å². The number of para-hydroxylation sites is 2. The van der Waals surface area contributed by atoms with Gasteiger partial charge in [0.1, 0.15) is 11.9 Å². The number of alkyl halides is 3. The monoisotopic (exact) mass is 735 g/mol. The lowest BCUT2D eigenvalue weighted by atomic mass is 9.98. The predicted molar refractivity (Wildman–Crippen MR) is 194 cm³/mol. The zero-order valence-corrected chi connectivity index (χ0v) is 30.3. The normalized spacial score (nSPS) is 16.6. The van der Waals surface area contributed by atoms with Crippen molar-refractivity contribution in [1.82, 2.24) is 9.80 Å². The Morgan fingerprint density at radius 3 is 2.21 bits per heavy atom. The van der Waals surface area contributed by atoms with Gasteiger partial charge >= 0.3 is 6.18 Å². The number of likely N-dealkylation sites (N-methyl/N-ethyl adjacent to an activating group) is 1. The van der Waals surface area contributed by atoms with Crippen LogP contribution in [0.15, 0.2) is 84.9 Å². The van der Waals surface area contributed by atoms with Gasteiger partial charge in [-0.2, -0.15) is 13.2 Å². The van der Waals surface area contributed by atoms with E-state index >= 15 is 0 Å². The molecule has 0 aromatic heterocycles. The molecule has 53 heavy (non-hydrogen) atoms. The summed E-state index contributed by atoms with van der Waals surface area (Å²) in [5.41, 5.74) is 1.07. The first-order chi connectivity index (χ1) is 25.3. The van der Waals surface area contributed by atoms with E-state index in [9.17, 15) is 27.9 Å². The van der Waals surface area contributed by atoms with E-state index < -0.39 is 29.8 Å². The molecule has 0 unspecified atom stereocenters. The number of fused-ring (bicyclic) bond motifs is 1. The van der Waals surface area contributed by atoms with Gasteiger partial charge in [0.2, 0.25) is 11.7 Å². The quantitative estimate of drug-likeness (QED) is 0.151. The summed E-state index contributed by atoms with van der Waals surface area (Å²) in [6.45, 7) is 4.81. The Morgan fingerprint density at radius 1 is 0.981 bits per heavy atom. The number of nitrogens with one attached hydrogen (secondary N) is 1. The second-order valence-electron chi connectivity index (χ2n) is 13.2. The van der Waals surface area contributed by atoms with Gasteiger partial charge in [-0.05, 0) is 73.6 Å². The number of rotatable bonds is 13. The van der Waals surface area contributed by atoms with Crippen LogP contribution in [0.25, 0.3) is 0 Å². The van der Waals surface area contributed by atoms with Crippen molar-refractivity contribution in [3.63, 3.8) is 0 Å². The van der Waals surface area contributed by atoms with Crippen LogP contribution in [-0.2, 0) is 23.9 Å². The zero-order valence-electron chi connectivity index (χ0n) is 30.3. The molecule has 10 nitrogen and oxygen atoms in total. The summed E-state index contributed by atoms with van der Waals surface area (Å²) >= 11 is 0. The fraction of sp³-hybridized carbons (Fsp3) is 0.350. The molecule has 282 valence electrons. The minimum Gasteiger partial charge on any atom is -0.493 e. The lowest BCUT2D eigenvalue weighted by molar-refractivity contribution is -0.137. The van der Waals surface area contributed by atoms with Gasteiger partial charge in [0.25, 0.3) is 5.91 Å². The smallest absolute Gasteiger partial charge is 0.416 e. The summed E-state index contributed by atoms with van der Waals surface area (Å²) in [5.74, 6) is 1.30. The van der Waals surface area contributed by atoms with Gasteiger partial charge in [-0.1, -0.05) is 43.3 Å². The number of hydrogen-bond donors (Lipinski definition) is 2. The topological polar surface area (TPSA) is 110 Å². The molecular weight excluding hydrogens is 691 g/mol. The second-order valence-corrected chi connectivity index (χ2v) is 13.2. The van der Waals surface area contributed by atoms with Crippen LogP contribution < -0.4 is 24.3 Å². The molecule has 2 N–H and O–H groups in total. The maximum absolute atomic E-state index is 13.9. The maximum atomic E-state index is 13.9. The fourth-order valence-electron chi connectivity index (χ4n) is 6.13. The lowest BCUT2D eigenvalue weighted by Gasteiger charge is -2.38. The average molecular weight is 736 g/mol. The molecule has 4 aromatic rings. The van der Waals surface area contributed by atoms with E-state index in [1.807, 2.05) is 44.3 Å². The number of benzene rings is 4. The SMILES string of the molecule is COc1cccc(OC)c1Oc1ccc(CN(C)C[C@H]2Oc3c(NC(=O)Cc4ccc(C(F)(F)F)cc4)cccc3C(=O)N([C@@H](C)CO)C[C@H]2C)cc1. The second kappa shape index (κ2) is 17.0. The number of carbonyl (C=O) groups is 2. The van der Waals surface area contributed by atoms with Crippen LogP contribution in [0.2, 0.25) is 0 Å². The molecule has 0 spiro atoms. The number of carbonyl (C=O) groups excluding carboxylic acids is 2. The van der Waals surface area contributed by atoms with E-state index in [0.29, 0.717) is 48.2 Å². The van der Waals surface area contributed by atoms with Gasteiger partial charge in [-0.25, -0.2) is 0 Å². The van der Waals surface area contributed by atoms with Crippen LogP contribution >= 0.6 is 0 Å². The molecule has 1 heterocycles. The highest BCUT2D eigenvalue weighted by Gasteiger charge is 2.35. The molecule has 0 bridgehead atoms. The maximum Gasteiger partial charge on any atom is 0.416 e. The van der Waals surface area contributed by atoms with Crippen LogP contribution in [0.1, 0.15) is 40.9 Å². The molecule has 0 aliphatic carbocycles. The van der Waals surface area contributed by atoms with Crippen molar-refractivity contribution in [3.05, 3.63) is 107 Å². The number of halogens is 3. The third-order valence-corrected chi connectivity index (χ3v) is 9.08. The number of aliphatic hydroxyl groups is 1. The third-order valence-electron chi connectivity index (χ3n) is 9.08. The van der Waals surface area contributed by atoms with E-state index in [1.165, 1.54) is 12.1 Å². The van der Waals surface area contributed by atoms with Crippen LogP contribution in [0.4, 0.5) is 18.9 Å². The van der Waals surface area contributed by atoms with E-state index in [4.69, 9.17) is 18.9 Å². The summed E-state index contributed by atoms with van der Waals surface area (Å²) in [6.07, 6.45) is -5.13. The number of hydrogen-bond acceptors (Lipinski definition) is 8. The molecule has 1 aliphatic rings. The highest BCUT2D eigenvalue weighted by molar-refractivity contribution is 6.02. The molecule has 0 fully saturated rings. The Kier molecular flexibility index (Phi) is 12.5. The van der Waals surface area contributed by atoms with Crippen LogP contribution in [0, 0.1) is 5.92 Å². The predicted octanol–water partition coefficient (Wildman–Crippen LogP) is 7.05. The summed E-state index contributed by atoms with van der Waals surface area (Å²) in [7, 11) is 5.08. The Balaban J connectivity index is 1.34. The molecule has 13 heteroatoms. The first-order valence-corrected chi connectivity index (χ1v) is 17.1. The molecule has 0 saturated heterocycles. The first kappa shape index (κ1) is 38.9. The van der Waals surface area contributed by atoms with Crippen LogP contribution in [0.5, 0.6) is 28.7 Å². The molecule has 2 amide bonds. The van der Waals surface area contributed by atoms with Crippen molar-refractivity contribution in [3.8, 4) is 28.7 Å². The number of anilines is 1. The molecule has 3 atom stereocenters. The van der Waals surface area contributed by atoms with Gasteiger partial charge in [0, 0.05) is 25.6 Å². The minimum absolute atomic E-state index is 0.187. The van der Waals surface area contributed by atoms with Crippen LogP contribution in [0.3, 0.4) is 0 Å². The average Bonchev–Trinajstić information content (AvgIpc) is 3.13. The number of amides is 2. The Bertz CT molecular complexity index is 1850. The van der Waals surface area contributed by atoms with Crippen molar-refractivity contribution in [2.75, 3.05) is 46.3 Å². The number of ether oxygens (including phenoxy) is 4. The largest absolute Gasteiger partial charge is 0.493 e. The Labute approximate surface area is 307 Å². The molecule has 5 rings (SSSR count). The van der Waals surface area contributed by atoms with Crippen molar-refractivity contribution in [2.24, 2.45) is 5.92 Å². The van der Waals surface area contributed by atoms with Gasteiger partial charge in [0.05, 0.1) is 50.1 Å². The molecule has 4 aromatic carbocycles. The van der Waals surface area contributed by atoms with Crippen molar-refractivity contribution in [2.45, 2.75) is 45.1 Å². The van der Waals surface area contributed by atoms with Crippen molar-refractivity contribution >= 4 is 17.5 Å². The Morgan fingerprint density at radius 2 is 1.60 bits per heavy atom. The summed E-state index contributed by atoms with van der Waals surface area (Å²) in [6, 6.07) is 21.8. The van der Waals surface area contributed by atoms with Gasteiger partial charge in [0.15, 0.2) is 17.2 Å². The van der Waals surface area contributed by atoms with Gasteiger partial charge < -0.3 is 34.3 Å². The number of aliphatic hydroxyl groups excluding tert-OH is 1. The zero-order chi connectivity index (χ0) is 38.3. The van der Waals surface area contributed by atoms with Gasteiger partial charge in [-0.3, -0.25) is 14.5 Å². The third kappa shape index (κ3) is 9.59. The highest BCUT2D eigenvalue weighted by atomic mass is 19.4. The standard InChI is InChI=1S/C40H44F3N3O7/c1-25-21-46(26(2)24-47)39(49)31-8-6-9-32(44-36(48)20-27-12-16-29(17-13-27)40(41,42)43)37(31)53-35(25)23-45(3)22-28-14-18-30(19-15-28)52-38-33(50-4)10-7-11-34(38)51-5/h6-19,25-26,35,47H,20-24H2,1-5H3,(H,44,48)/t25-,26+,35-/m1/s1. The van der Waals surface area contributed by atoms with E-state index in [-0.39, 0.29) is 41.9 Å². The van der Waals surface area contributed by atoms with Crippen molar-refractivity contribution in [1.29, 1.82) is 0 Å². The Hall–Kier alpha value is -5.27. The van der Waals surface area contributed by atoms with E-state index in [1.54, 1.807) is 56.4 Å². The molecule has 0 radical (unpaired) electrons. The summed E-state index contributed by atoms with van der Waals surface area (Å²) in [4.78, 5) is 30.7. The van der Waals surface area contributed by atoms with Crippen LogP contribution in [-0.4, -0.2) is 79.8 Å². The summed E-state index contributed by atoms with van der Waals surface area (Å²) in [5, 5.41) is 12.8. The van der Waals surface area contributed by atoms with Crippen molar-refractivity contribution < 1.29 is 46.8 Å². The summed E-state index contributed by atoms with van der Waals surface area (Å²) < 4.78 is 62.7. The molecule has 0 saturated carbocycles. The number of nitrogens with zero attached hydrogens (tertiary/aromatic N) is 2. The molecule has 1 aliphatic heterocycles. The highest BCUT2D eigenvalue weighted by Crippen LogP contribution is 2.40. The first-order valence-electron chi connectivity index (χ1n) is 17.1. The van der Waals surface area contributed by atoms with Gasteiger partial charge in [-0.15, -0.1) is 0 Å². The fourth-order valence-corrected chi connectivity index (χ4v) is 6.13. The lowest BCUT2D eigenvalue weighted by Crippen LogP contribution is -2.49.